The Morgan fingerprint density at radius 2 is 2.14 bits per heavy atom. The van der Waals surface area contributed by atoms with Crippen molar-refractivity contribution < 1.29 is 4.74 Å². The van der Waals surface area contributed by atoms with Gasteiger partial charge in [0.2, 0.25) is 0 Å². The summed E-state index contributed by atoms with van der Waals surface area (Å²) in [4.78, 5) is 4.82. The third-order valence-electron chi connectivity index (χ3n) is 4.36. The lowest BCUT2D eigenvalue weighted by Crippen LogP contribution is -2.38. The van der Waals surface area contributed by atoms with Gasteiger partial charge in [0.15, 0.2) is 0 Å². The van der Waals surface area contributed by atoms with Gasteiger partial charge in [-0.1, -0.05) is 20.8 Å². The predicted octanol–water partition coefficient (Wildman–Crippen LogP) is 3.78. The molecule has 1 saturated carbocycles. The van der Waals surface area contributed by atoms with Gasteiger partial charge in [-0.3, -0.25) is 0 Å². The monoisotopic (exact) mass is 310 g/mol. The minimum Gasteiger partial charge on any atom is -0.378 e. The van der Waals surface area contributed by atoms with Crippen LogP contribution in [0.2, 0.25) is 0 Å². The summed E-state index contributed by atoms with van der Waals surface area (Å²) < 4.78 is 5.65. The third kappa shape index (κ3) is 4.76. The number of rotatable bonds is 7. The summed E-state index contributed by atoms with van der Waals surface area (Å²) in [6.45, 7) is 9.61. The summed E-state index contributed by atoms with van der Waals surface area (Å²) in [6, 6.07) is 0.538. The maximum Gasteiger partial charge on any atom is 0.0944 e. The van der Waals surface area contributed by atoms with E-state index in [1.54, 1.807) is 11.3 Å². The number of nitrogens with zero attached hydrogens (tertiary/aromatic N) is 1. The third-order valence-corrected chi connectivity index (χ3v) is 5.23. The van der Waals surface area contributed by atoms with Gasteiger partial charge in [0.1, 0.15) is 0 Å². The summed E-state index contributed by atoms with van der Waals surface area (Å²) in [5.74, 6) is 0.820. The van der Waals surface area contributed by atoms with E-state index in [9.17, 15) is 0 Å². The summed E-state index contributed by atoms with van der Waals surface area (Å²) >= 11 is 1.81. The Labute approximate surface area is 133 Å². The second kappa shape index (κ2) is 7.21. The Morgan fingerprint density at radius 3 is 2.67 bits per heavy atom. The molecule has 0 radical (unpaired) electrons. The standard InChI is InChI=1S/C17H30N2OS/c1-6-20-14-8-12(9-14)7-13(18-5)10-16-19-15(11-21-16)17(2,3)4/h11-14,18H,6-10H2,1-5H3. The molecule has 1 fully saturated rings. The van der Waals surface area contributed by atoms with Crippen LogP contribution in [-0.2, 0) is 16.6 Å². The molecule has 4 heteroatoms. The van der Waals surface area contributed by atoms with Gasteiger partial charge in [-0.25, -0.2) is 4.98 Å². The fourth-order valence-electron chi connectivity index (χ4n) is 2.90. The molecule has 1 aromatic heterocycles. The molecule has 0 aromatic carbocycles. The predicted molar refractivity (Wildman–Crippen MR) is 90.1 cm³/mol. The molecule has 0 saturated heterocycles. The van der Waals surface area contributed by atoms with Crippen molar-refractivity contribution in [1.29, 1.82) is 0 Å². The van der Waals surface area contributed by atoms with Gasteiger partial charge in [-0.2, -0.15) is 0 Å². The molecule has 0 bridgehead atoms. The van der Waals surface area contributed by atoms with Crippen molar-refractivity contribution in [2.24, 2.45) is 5.92 Å². The topological polar surface area (TPSA) is 34.1 Å². The fraction of sp³-hybridized carbons (Fsp3) is 0.824. The molecule has 1 N–H and O–H groups in total. The summed E-state index contributed by atoms with van der Waals surface area (Å²) in [6.07, 6.45) is 5.27. The van der Waals surface area contributed by atoms with Gasteiger partial charge >= 0.3 is 0 Å². The van der Waals surface area contributed by atoms with E-state index in [0.29, 0.717) is 12.1 Å². The first kappa shape index (κ1) is 16.9. The van der Waals surface area contributed by atoms with Gasteiger partial charge in [0.25, 0.3) is 0 Å². The molecule has 21 heavy (non-hydrogen) atoms. The number of ether oxygens (including phenoxy) is 1. The molecule has 120 valence electrons. The summed E-state index contributed by atoms with van der Waals surface area (Å²) in [7, 11) is 2.07. The van der Waals surface area contributed by atoms with E-state index >= 15 is 0 Å². The summed E-state index contributed by atoms with van der Waals surface area (Å²) in [5.41, 5.74) is 1.38. The first-order chi connectivity index (χ1) is 9.92. The first-order valence-corrected chi connectivity index (χ1v) is 9.04. The molecular weight excluding hydrogens is 280 g/mol. The Bertz CT molecular complexity index is 432. The Morgan fingerprint density at radius 1 is 1.43 bits per heavy atom. The second-order valence-electron chi connectivity index (χ2n) is 7.22. The van der Waals surface area contributed by atoms with Crippen LogP contribution in [0.1, 0.15) is 57.7 Å². The Hall–Kier alpha value is -0.450. The highest BCUT2D eigenvalue weighted by atomic mass is 32.1. The van der Waals surface area contributed by atoms with Crippen molar-refractivity contribution >= 4 is 11.3 Å². The van der Waals surface area contributed by atoms with E-state index in [2.05, 4.69) is 45.4 Å². The van der Waals surface area contributed by atoms with Gasteiger partial charge in [-0.05, 0) is 39.2 Å². The fourth-order valence-corrected chi connectivity index (χ4v) is 4.01. The lowest BCUT2D eigenvalue weighted by atomic mass is 9.78. The summed E-state index contributed by atoms with van der Waals surface area (Å²) in [5, 5.41) is 6.95. The highest BCUT2D eigenvalue weighted by Gasteiger charge is 2.31. The normalized spacial score (nSPS) is 23.9. The number of hydrogen-bond donors (Lipinski definition) is 1. The van der Waals surface area contributed by atoms with Crippen LogP contribution < -0.4 is 5.32 Å². The van der Waals surface area contributed by atoms with Crippen molar-refractivity contribution in [3.63, 3.8) is 0 Å². The second-order valence-corrected chi connectivity index (χ2v) is 8.16. The number of likely N-dealkylation sites (N-methyl/N-ethyl adjacent to an activating group) is 1. The van der Waals surface area contributed by atoms with Crippen molar-refractivity contribution in [3.8, 4) is 0 Å². The molecule has 0 aliphatic heterocycles. The Kier molecular flexibility index (Phi) is 5.81. The lowest BCUT2D eigenvalue weighted by Gasteiger charge is -2.36. The van der Waals surface area contributed by atoms with Crippen LogP contribution in [0, 0.1) is 5.92 Å². The molecule has 0 amide bonds. The Balaban J connectivity index is 1.81. The quantitative estimate of drug-likeness (QED) is 0.832. The van der Waals surface area contributed by atoms with Crippen LogP contribution in [0.5, 0.6) is 0 Å². The van der Waals surface area contributed by atoms with E-state index in [-0.39, 0.29) is 5.41 Å². The van der Waals surface area contributed by atoms with Gasteiger partial charge in [0, 0.05) is 29.9 Å². The lowest BCUT2D eigenvalue weighted by molar-refractivity contribution is -0.0288. The number of hydrogen-bond acceptors (Lipinski definition) is 4. The van der Waals surface area contributed by atoms with Gasteiger partial charge < -0.3 is 10.1 Å². The highest BCUT2D eigenvalue weighted by molar-refractivity contribution is 7.09. The molecule has 1 aliphatic carbocycles. The van der Waals surface area contributed by atoms with E-state index in [1.807, 2.05) is 0 Å². The zero-order valence-electron chi connectivity index (χ0n) is 14.1. The zero-order chi connectivity index (χ0) is 15.5. The molecule has 1 heterocycles. The molecule has 1 aromatic rings. The van der Waals surface area contributed by atoms with Crippen LogP contribution in [0.15, 0.2) is 5.38 Å². The van der Waals surface area contributed by atoms with E-state index < -0.39 is 0 Å². The molecule has 1 unspecified atom stereocenters. The van der Waals surface area contributed by atoms with Crippen LogP contribution in [-0.4, -0.2) is 30.8 Å². The van der Waals surface area contributed by atoms with E-state index in [4.69, 9.17) is 9.72 Å². The molecule has 1 atom stereocenters. The van der Waals surface area contributed by atoms with Crippen LogP contribution in [0.4, 0.5) is 0 Å². The van der Waals surface area contributed by atoms with Crippen LogP contribution in [0.25, 0.3) is 0 Å². The minimum absolute atomic E-state index is 0.155. The molecular formula is C17H30N2OS. The maximum atomic E-state index is 5.65. The van der Waals surface area contributed by atoms with E-state index in [1.165, 1.54) is 30.0 Å². The number of aromatic nitrogens is 1. The smallest absolute Gasteiger partial charge is 0.0944 e. The average Bonchev–Trinajstić information content (AvgIpc) is 2.83. The zero-order valence-corrected chi connectivity index (χ0v) is 14.9. The number of thiazole rings is 1. The van der Waals surface area contributed by atoms with Crippen LogP contribution >= 0.6 is 11.3 Å². The molecule has 0 spiro atoms. The largest absolute Gasteiger partial charge is 0.378 e. The van der Waals surface area contributed by atoms with Crippen LogP contribution in [0.3, 0.4) is 0 Å². The van der Waals surface area contributed by atoms with Crippen molar-refractivity contribution in [1.82, 2.24) is 10.3 Å². The minimum atomic E-state index is 0.155. The van der Waals surface area contributed by atoms with Gasteiger partial charge in [-0.15, -0.1) is 11.3 Å². The van der Waals surface area contributed by atoms with Crippen molar-refractivity contribution in [3.05, 3.63) is 16.1 Å². The molecule has 1 aliphatic rings. The van der Waals surface area contributed by atoms with Gasteiger partial charge in [0.05, 0.1) is 16.8 Å². The SMILES string of the molecule is CCOC1CC(CC(Cc2nc(C(C)(C)C)cs2)NC)C1. The average molecular weight is 311 g/mol. The highest BCUT2D eigenvalue weighted by Crippen LogP contribution is 2.34. The van der Waals surface area contributed by atoms with E-state index in [0.717, 1.165) is 18.9 Å². The van der Waals surface area contributed by atoms with Crippen molar-refractivity contribution in [2.45, 2.75) is 70.9 Å². The molecule has 2 rings (SSSR count). The maximum absolute atomic E-state index is 5.65. The molecule has 3 nitrogen and oxygen atoms in total. The van der Waals surface area contributed by atoms with Crippen molar-refractivity contribution in [2.75, 3.05) is 13.7 Å². The number of nitrogens with one attached hydrogen (secondary N) is 1. The first-order valence-electron chi connectivity index (χ1n) is 8.16.